The number of hydrogen-bond donors (Lipinski definition) is 0. The molecule has 0 fully saturated rings. The second-order valence-corrected chi connectivity index (χ2v) is 3.61. The zero-order chi connectivity index (χ0) is 11.3. The van der Waals surface area contributed by atoms with E-state index in [1.807, 2.05) is 17.8 Å². The Hall–Kier alpha value is -1.32. The Kier molecular flexibility index (Phi) is 4.34. The molecule has 4 heteroatoms. The van der Waals surface area contributed by atoms with Gasteiger partial charge in [-0.1, -0.05) is 19.8 Å². The van der Waals surface area contributed by atoms with Gasteiger partial charge in [-0.25, -0.2) is 4.98 Å². The third kappa shape index (κ3) is 2.81. The molecule has 0 saturated carbocycles. The SMILES string of the molecule is CCCCC(C(=O)OC)c1nccn1C. The van der Waals surface area contributed by atoms with Crippen molar-refractivity contribution in [3.05, 3.63) is 18.2 Å². The Morgan fingerprint density at radius 3 is 2.87 bits per heavy atom. The summed E-state index contributed by atoms with van der Waals surface area (Å²) in [5, 5.41) is 0. The number of rotatable bonds is 5. The molecule has 15 heavy (non-hydrogen) atoms. The van der Waals surface area contributed by atoms with Gasteiger partial charge in [0, 0.05) is 19.4 Å². The second kappa shape index (κ2) is 5.53. The van der Waals surface area contributed by atoms with Crippen molar-refractivity contribution in [3.8, 4) is 0 Å². The van der Waals surface area contributed by atoms with Gasteiger partial charge in [0.25, 0.3) is 0 Å². The van der Waals surface area contributed by atoms with Gasteiger partial charge < -0.3 is 9.30 Å². The zero-order valence-corrected chi connectivity index (χ0v) is 9.56. The molecular weight excluding hydrogens is 192 g/mol. The molecule has 4 nitrogen and oxygen atoms in total. The highest BCUT2D eigenvalue weighted by atomic mass is 16.5. The van der Waals surface area contributed by atoms with Crippen LogP contribution in [0, 0.1) is 0 Å². The number of aromatic nitrogens is 2. The topological polar surface area (TPSA) is 44.1 Å². The summed E-state index contributed by atoms with van der Waals surface area (Å²) < 4.78 is 6.67. The van der Waals surface area contributed by atoms with E-state index >= 15 is 0 Å². The number of carbonyl (C=O) groups excluding carboxylic acids is 1. The Bertz CT molecular complexity index is 320. The monoisotopic (exact) mass is 210 g/mol. The molecule has 1 aromatic heterocycles. The first-order valence-electron chi connectivity index (χ1n) is 5.25. The van der Waals surface area contributed by atoms with Crippen molar-refractivity contribution in [2.45, 2.75) is 32.1 Å². The fourth-order valence-corrected chi connectivity index (χ4v) is 1.62. The van der Waals surface area contributed by atoms with Gasteiger partial charge in [-0.05, 0) is 6.42 Å². The van der Waals surface area contributed by atoms with Crippen LogP contribution in [0.1, 0.15) is 37.9 Å². The third-order valence-electron chi connectivity index (χ3n) is 2.50. The average Bonchev–Trinajstić information content (AvgIpc) is 2.65. The Balaban J connectivity index is 2.81. The average molecular weight is 210 g/mol. The van der Waals surface area contributed by atoms with Crippen LogP contribution in [0.4, 0.5) is 0 Å². The molecule has 0 saturated heterocycles. The summed E-state index contributed by atoms with van der Waals surface area (Å²) in [4.78, 5) is 15.8. The number of ether oxygens (including phenoxy) is 1. The Labute approximate surface area is 90.3 Å². The van der Waals surface area contributed by atoms with Crippen LogP contribution >= 0.6 is 0 Å². The maximum absolute atomic E-state index is 11.6. The van der Waals surface area contributed by atoms with Crippen molar-refractivity contribution in [2.24, 2.45) is 7.05 Å². The molecule has 0 aliphatic heterocycles. The lowest BCUT2D eigenvalue weighted by Crippen LogP contribution is -2.18. The highest BCUT2D eigenvalue weighted by Crippen LogP contribution is 2.21. The Morgan fingerprint density at radius 2 is 2.40 bits per heavy atom. The van der Waals surface area contributed by atoms with E-state index in [1.54, 1.807) is 6.20 Å². The first kappa shape index (κ1) is 11.8. The van der Waals surface area contributed by atoms with E-state index in [2.05, 4.69) is 11.9 Å². The molecule has 0 spiro atoms. The molecule has 0 amide bonds. The number of unbranched alkanes of at least 4 members (excludes halogenated alkanes) is 1. The minimum atomic E-state index is -0.227. The van der Waals surface area contributed by atoms with Crippen LogP contribution in [0.3, 0.4) is 0 Å². The summed E-state index contributed by atoms with van der Waals surface area (Å²) in [6.07, 6.45) is 6.42. The van der Waals surface area contributed by atoms with Gasteiger partial charge in [0.15, 0.2) is 0 Å². The van der Waals surface area contributed by atoms with Crippen molar-refractivity contribution in [1.29, 1.82) is 0 Å². The van der Waals surface area contributed by atoms with Crippen LogP contribution in [0.25, 0.3) is 0 Å². The summed E-state index contributed by atoms with van der Waals surface area (Å²) in [6.45, 7) is 2.10. The fraction of sp³-hybridized carbons (Fsp3) is 0.636. The molecule has 1 rings (SSSR count). The molecule has 1 aromatic rings. The van der Waals surface area contributed by atoms with Crippen molar-refractivity contribution in [1.82, 2.24) is 9.55 Å². The largest absolute Gasteiger partial charge is 0.468 e. The predicted octanol–water partition coefficient (Wildman–Crippen LogP) is 1.87. The summed E-state index contributed by atoms with van der Waals surface area (Å²) in [7, 11) is 3.31. The van der Waals surface area contributed by atoms with Gasteiger partial charge in [-0.15, -0.1) is 0 Å². The van der Waals surface area contributed by atoms with Crippen molar-refractivity contribution >= 4 is 5.97 Å². The molecule has 0 N–H and O–H groups in total. The maximum atomic E-state index is 11.6. The summed E-state index contributed by atoms with van der Waals surface area (Å²) in [5.41, 5.74) is 0. The van der Waals surface area contributed by atoms with E-state index in [0.29, 0.717) is 0 Å². The number of hydrogen-bond acceptors (Lipinski definition) is 3. The summed E-state index contributed by atoms with van der Waals surface area (Å²) >= 11 is 0. The smallest absolute Gasteiger partial charge is 0.316 e. The number of carbonyl (C=O) groups is 1. The first-order valence-corrected chi connectivity index (χ1v) is 5.25. The van der Waals surface area contributed by atoms with E-state index < -0.39 is 0 Å². The highest BCUT2D eigenvalue weighted by Gasteiger charge is 2.24. The van der Waals surface area contributed by atoms with Crippen molar-refractivity contribution < 1.29 is 9.53 Å². The van der Waals surface area contributed by atoms with E-state index in [4.69, 9.17) is 4.74 Å². The van der Waals surface area contributed by atoms with Gasteiger partial charge in [-0.3, -0.25) is 4.79 Å². The van der Waals surface area contributed by atoms with Crippen LogP contribution in [0.5, 0.6) is 0 Å². The highest BCUT2D eigenvalue weighted by molar-refractivity contribution is 5.76. The van der Waals surface area contributed by atoms with Crippen LogP contribution in [-0.4, -0.2) is 22.6 Å². The molecule has 0 bridgehead atoms. The third-order valence-corrected chi connectivity index (χ3v) is 2.50. The maximum Gasteiger partial charge on any atom is 0.316 e. The van der Waals surface area contributed by atoms with Gasteiger partial charge in [0.1, 0.15) is 11.7 Å². The van der Waals surface area contributed by atoms with Crippen LogP contribution in [0.15, 0.2) is 12.4 Å². The van der Waals surface area contributed by atoms with E-state index in [9.17, 15) is 4.79 Å². The minimum absolute atomic E-state index is 0.197. The summed E-state index contributed by atoms with van der Waals surface area (Å²) in [5.74, 6) is 0.364. The van der Waals surface area contributed by atoms with Crippen molar-refractivity contribution in [2.75, 3.05) is 7.11 Å². The normalized spacial score (nSPS) is 12.5. The molecule has 0 aromatic carbocycles. The first-order chi connectivity index (χ1) is 7.20. The van der Waals surface area contributed by atoms with Gasteiger partial charge >= 0.3 is 5.97 Å². The van der Waals surface area contributed by atoms with Gasteiger partial charge in [-0.2, -0.15) is 0 Å². The molecule has 0 aliphatic rings. The lowest BCUT2D eigenvalue weighted by molar-refractivity contribution is -0.142. The number of aryl methyl sites for hydroxylation is 1. The molecular formula is C11H18N2O2. The lowest BCUT2D eigenvalue weighted by atomic mass is 10.0. The standard InChI is InChI=1S/C11H18N2O2/c1-4-5-6-9(11(14)15-3)10-12-7-8-13(10)2/h7-9H,4-6H2,1-3H3. The number of esters is 1. The van der Waals surface area contributed by atoms with Crippen LogP contribution in [0.2, 0.25) is 0 Å². The van der Waals surface area contributed by atoms with Crippen LogP contribution in [-0.2, 0) is 16.6 Å². The molecule has 0 radical (unpaired) electrons. The molecule has 1 atom stereocenters. The summed E-state index contributed by atoms with van der Waals surface area (Å²) in [6, 6.07) is 0. The molecule has 84 valence electrons. The quantitative estimate of drug-likeness (QED) is 0.697. The predicted molar refractivity (Wildman–Crippen MR) is 57.5 cm³/mol. The number of nitrogens with zero attached hydrogens (tertiary/aromatic N) is 2. The van der Waals surface area contributed by atoms with E-state index in [0.717, 1.165) is 25.1 Å². The van der Waals surface area contributed by atoms with E-state index in [1.165, 1.54) is 7.11 Å². The van der Waals surface area contributed by atoms with E-state index in [-0.39, 0.29) is 11.9 Å². The lowest BCUT2D eigenvalue weighted by Gasteiger charge is -2.13. The van der Waals surface area contributed by atoms with Crippen molar-refractivity contribution in [3.63, 3.8) is 0 Å². The zero-order valence-electron chi connectivity index (χ0n) is 9.56. The number of imidazole rings is 1. The van der Waals surface area contributed by atoms with Gasteiger partial charge in [0.05, 0.1) is 7.11 Å². The van der Waals surface area contributed by atoms with Gasteiger partial charge in [0.2, 0.25) is 0 Å². The fourth-order valence-electron chi connectivity index (χ4n) is 1.62. The molecule has 0 aliphatic carbocycles. The number of methoxy groups -OCH3 is 1. The minimum Gasteiger partial charge on any atom is -0.468 e. The Morgan fingerprint density at radius 1 is 1.67 bits per heavy atom. The second-order valence-electron chi connectivity index (χ2n) is 3.61. The van der Waals surface area contributed by atoms with Crippen LogP contribution < -0.4 is 0 Å². The molecule has 1 unspecified atom stereocenters. The molecule has 1 heterocycles.